The third-order valence-corrected chi connectivity index (χ3v) is 5.65. The lowest BCUT2D eigenvalue weighted by molar-refractivity contribution is -0.140. The van der Waals surface area contributed by atoms with Gasteiger partial charge in [0.1, 0.15) is 6.54 Å². The van der Waals surface area contributed by atoms with Crippen molar-refractivity contribution in [1.82, 2.24) is 9.55 Å². The Kier molecular flexibility index (Phi) is 8.43. The van der Waals surface area contributed by atoms with Crippen molar-refractivity contribution in [3.05, 3.63) is 59.5 Å². The summed E-state index contributed by atoms with van der Waals surface area (Å²) in [5.41, 5.74) is 2.60. The molecule has 8 heteroatoms. The van der Waals surface area contributed by atoms with Gasteiger partial charge in [-0.2, -0.15) is 18.4 Å². The molecule has 0 saturated carbocycles. The number of nitrogens with zero attached hydrogens (tertiary/aromatic N) is 3. The largest absolute Gasteiger partial charge is 0.406 e. The molecule has 0 radical (unpaired) electrons. The summed E-state index contributed by atoms with van der Waals surface area (Å²) in [5, 5.41) is 13.1. The highest BCUT2D eigenvalue weighted by molar-refractivity contribution is 5.83. The predicted molar refractivity (Wildman–Crippen MR) is 131 cm³/mol. The van der Waals surface area contributed by atoms with Crippen LogP contribution < -0.4 is 5.32 Å². The summed E-state index contributed by atoms with van der Waals surface area (Å²) in [7, 11) is 1.66. The number of anilines is 1. The fourth-order valence-corrected chi connectivity index (χ4v) is 3.71. The second-order valence-corrected chi connectivity index (χ2v) is 8.90. The van der Waals surface area contributed by atoms with Crippen molar-refractivity contribution in [1.29, 1.82) is 5.26 Å². The highest BCUT2D eigenvalue weighted by Crippen LogP contribution is 2.27. The molecule has 2 aromatic heterocycles. The molecule has 0 fully saturated rings. The van der Waals surface area contributed by atoms with Crippen LogP contribution in [0.1, 0.15) is 43.6 Å². The minimum atomic E-state index is -4.36. The lowest BCUT2D eigenvalue weighted by atomic mass is 9.91. The van der Waals surface area contributed by atoms with E-state index in [0.29, 0.717) is 29.2 Å². The van der Waals surface area contributed by atoms with Crippen LogP contribution in [0, 0.1) is 23.2 Å². The first-order valence-electron chi connectivity index (χ1n) is 11.4. The molecule has 3 aromatic rings. The summed E-state index contributed by atoms with van der Waals surface area (Å²) in [6, 6.07) is 13.1. The Labute approximate surface area is 203 Å². The summed E-state index contributed by atoms with van der Waals surface area (Å²) >= 11 is 0. The molecule has 0 bridgehead atoms. The molecule has 0 unspecified atom stereocenters. The molecule has 0 spiro atoms. The van der Waals surface area contributed by atoms with Gasteiger partial charge in [-0.3, -0.25) is 4.98 Å². The standard InChI is InChI=1S/C27H29F3N4O/c1-26(2,18-31)25-12-10-22(17-33-25)32-13-6-8-23-16-21-15-20(7-4-5-14-35-3)9-11-24(21)34(23)19-27(28,29)30/h9-12,15-17,32H,4-5,7,13-14,19H2,1-3H3. The first kappa shape index (κ1) is 26.1. The molecule has 1 aromatic carbocycles. The van der Waals surface area contributed by atoms with Crippen LogP contribution in [0.15, 0.2) is 42.6 Å². The van der Waals surface area contributed by atoms with Gasteiger partial charge in [0.15, 0.2) is 0 Å². The molecular weight excluding hydrogens is 453 g/mol. The van der Waals surface area contributed by atoms with Crippen LogP contribution in [0.25, 0.3) is 10.9 Å². The third kappa shape index (κ3) is 7.24. The molecule has 0 aliphatic heterocycles. The van der Waals surface area contributed by atoms with E-state index in [-0.39, 0.29) is 6.54 Å². The van der Waals surface area contributed by atoms with Gasteiger partial charge in [0, 0.05) is 24.6 Å². The Hall–Kier alpha value is -3.49. The van der Waals surface area contributed by atoms with Crippen molar-refractivity contribution in [2.75, 3.05) is 25.6 Å². The van der Waals surface area contributed by atoms with Gasteiger partial charge in [-0.1, -0.05) is 12.0 Å². The molecule has 35 heavy (non-hydrogen) atoms. The number of benzene rings is 1. The molecule has 0 saturated heterocycles. The van der Waals surface area contributed by atoms with Crippen LogP contribution >= 0.6 is 0 Å². The number of aryl methyl sites for hydroxylation is 1. The molecule has 1 N–H and O–H groups in total. The lowest BCUT2D eigenvalue weighted by Gasteiger charge is -2.14. The maximum absolute atomic E-state index is 13.3. The number of halogens is 3. The zero-order chi connectivity index (χ0) is 25.5. The third-order valence-electron chi connectivity index (χ3n) is 5.65. The van der Waals surface area contributed by atoms with E-state index in [1.54, 1.807) is 51.4 Å². The zero-order valence-electron chi connectivity index (χ0n) is 20.2. The summed E-state index contributed by atoms with van der Waals surface area (Å²) in [5.74, 6) is 5.80. The monoisotopic (exact) mass is 482 g/mol. The Balaban J connectivity index is 1.76. The predicted octanol–water partition coefficient (Wildman–Crippen LogP) is 5.83. The molecule has 2 heterocycles. The number of aromatic nitrogens is 2. The van der Waals surface area contributed by atoms with E-state index in [4.69, 9.17) is 4.74 Å². The van der Waals surface area contributed by atoms with Gasteiger partial charge in [0.2, 0.25) is 0 Å². The van der Waals surface area contributed by atoms with Gasteiger partial charge < -0.3 is 14.6 Å². The van der Waals surface area contributed by atoms with Crippen molar-refractivity contribution in [3.63, 3.8) is 0 Å². The molecule has 3 rings (SSSR count). The second-order valence-electron chi connectivity index (χ2n) is 8.90. The second kappa shape index (κ2) is 11.3. The molecule has 0 amide bonds. The van der Waals surface area contributed by atoms with Gasteiger partial charge in [-0.25, -0.2) is 0 Å². The minimum absolute atomic E-state index is 0.237. The van der Waals surface area contributed by atoms with Gasteiger partial charge in [-0.05, 0) is 74.9 Å². The zero-order valence-corrected chi connectivity index (χ0v) is 20.2. The number of fused-ring (bicyclic) bond motifs is 1. The molecule has 184 valence electrons. The Morgan fingerprint density at radius 1 is 1.11 bits per heavy atom. The van der Waals surface area contributed by atoms with Crippen molar-refractivity contribution >= 4 is 16.6 Å². The van der Waals surface area contributed by atoms with Crippen LogP contribution in [-0.2, 0) is 23.1 Å². The highest BCUT2D eigenvalue weighted by atomic mass is 19.4. The molecule has 0 aliphatic rings. The van der Waals surface area contributed by atoms with Gasteiger partial charge in [0.05, 0.1) is 41.3 Å². The van der Waals surface area contributed by atoms with Gasteiger partial charge in [0.25, 0.3) is 0 Å². The number of ether oxygens (including phenoxy) is 1. The minimum Gasteiger partial charge on any atom is -0.385 e. The Morgan fingerprint density at radius 3 is 2.57 bits per heavy atom. The number of pyridine rings is 1. The van der Waals surface area contributed by atoms with Gasteiger partial charge in [-0.15, -0.1) is 0 Å². The number of alkyl halides is 3. The quantitative estimate of drug-likeness (QED) is 0.308. The van der Waals surface area contributed by atoms with Crippen LogP contribution in [0.3, 0.4) is 0 Å². The first-order chi connectivity index (χ1) is 16.6. The average molecular weight is 483 g/mol. The number of methoxy groups -OCH3 is 1. The van der Waals surface area contributed by atoms with E-state index in [9.17, 15) is 18.4 Å². The summed E-state index contributed by atoms with van der Waals surface area (Å²) < 4.78 is 46.1. The summed E-state index contributed by atoms with van der Waals surface area (Å²) in [6.45, 7) is 3.41. The normalized spacial score (nSPS) is 11.7. The number of hydrogen-bond donors (Lipinski definition) is 1. The van der Waals surface area contributed by atoms with E-state index >= 15 is 0 Å². The van der Waals surface area contributed by atoms with E-state index < -0.39 is 18.1 Å². The molecule has 5 nitrogen and oxygen atoms in total. The molecule has 0 atom stereocenters. The summed E-state index contributed by atoms with van der Waals surface area (Å²) in [6.07, 6.45) is -0.0193. The Morgan fingerprint density at radius 2 is 1.91 bits per heavy atom. The summed E-state index contributed by atoms with van der Waals surface area (Å²) in [4.78, 5) is 4.31. The number of rotatable bonds is 9. The topological polar surface area (TPSA) is 62.9 Å². The van der Waals surface area contributed by atoms with E-state index in [0.717, 1.165) is 30.2 Å². The van der Waals surface area contributed by atoms with Crippen LogP contribution in [-0.4, -0.2) is 36.0 Å². The average Bonchev–Trinajstić information content (AvgIpc) is 3.15. The maximum Gasteiger partial charge on any atom is 0.406 e. The van der Waals surface area contributed by atoms with E-state index in [1.807, 2.05) is 12.1 Å². The smallest absolute Gasteiger partial charge is 0.385 e. The number of nitrogens with one attached hydrogen (secondary N) is 1. The van der Waals surface area contributed by atoms with Crippen molar-refractivity contribution in [2.24, 2.45) is 0 Å². The fraction of sp³-hybridized carbons (Fsp3) is 0.407. The Bertz CT molecular complexity index is 1240. The van der Waals surface area contributed by atoms with Crippen molar-refractivity contribution < 1.29 is 17.9 Å². The van der Waals surface area contributed by atoms with Gasteiger partial charge >= 0.3 is 6.18 Å². The SMILES string of the molecule is COCCCCc1ccc2c(c1)cc(C#CCNc1ccc(C(C)(C)C#N)nc1)n2CC(F)(F)F. The lowest BCUT2D eigenvalue weighted by Crippen LogP contribution is -2.18. The number of unbranched alkanes of at least 4 members (excludes halogenated alkanes) is 1. The van der Waals surface area contributed by atoms with Crippen molar-refractivity contribution in [2.45, 2.75) is 51.2 Å². The van der Waals surface area contributed by atoms with E-state index in [2.05, 4.69) is 28.2 Å². The highest BCUT2D eigenvalue weighted by Gasteiger charge is 2.29. The molecule has 0 aliphatic carbocycles. The maximum atomic E-state index is 13.3. The molecular formula is C27H29F3N4O. The number of hydrogen-bond acceptors (Lipinski definition) is 4. The van der Waals surface area contributed by atoms with Crippen LogP contribution in [0.4, 0.5) is 18.9 Å². The van der Waals surface area contributed by atoms with Crippen molar-refractivity contribution in [3.8, 4) is 17.9 Å². The van der Waals surface area contributed by atoms with E-state index in [1.165, 1.54) is 4.57 Å². The van der Waals surface area contributed by atoms with Crippen LogP contribution in [0.2, 0.25) is 0 Å². The number of nitriles is 1. The van der Waals surface area contributed by atoms with Crippen LogP contribution in [0.5, 0.6) is 0 Å². The first-order valence-corrected chi connectivity index (χ1v) is 11.4. The fourth-order valence-electron chi connectivity index (χ4n) is 3.71.